The van der Waals surface area contributed by atoms with E-state index in [0.29, 0.717) is 0 Å². The molecule has 1 atom stereocenters. The van der Waals surface area contributed by atoms with Gasteiger partial charge in [-0.3, -0.25) is 4.79 Å². The van der Waals surface area contributed by atoms with Gasteiger partial charge in [0.1, 0.15) is 17.1 Å². The van der Waals surface area contributed by atoms with E-state index in [1.165, 1.54) is 13.0 Å². The van der Waals surface area contributed by atoms with E-state index in [1.54, 1.807) is 13.8 Å². The van der Waals surface area contributed by atoms with Gasteiger partial charge in [0.05, 0.1) is 17.9 Å². The first-order valence-electron chi connectivity index (χ1n) is 6.52. The Bertz CT molecular complexity index is 562. The average molecular weight is 298 g/mol. The lowest BCUT2D eigenvalue weighted by molar-refractivity contribution is -0.143. The van der Waals surface area contributed by atoms with Crippen molar-refractivity contribution in [3.8, 4) is 5.75 Å². The maximum atomic E-state index is 13.6. The number of nitrogens with two attached hydrogens (primary N) is 1. The maximum Gasteiger partial charge on any atom is 0.329 e. The third-order valence-corrected chi connectivity index (χ3v) is 3.21. The maximum absolute atomic E-state index is 13.6. The van der Waals surface area contributed by atoms with E-state index in [2.05, 4.69) is 5.32 Å². The molecule has 0 spiro atoms. The van der Waals surface area contributed by atoms with Gasteiger partial charge in [-0.15, -0.1) is 0 Å². The number of halogens is 1. The zero-order valence-corrected chi connectivity index (χ0v) is 12.2. The minimum atomic E-state index is -1.45. The number of anilines is 1. The molecule has 0 aliphatic rings. The lowest BCUT2D eigenvalue weighted by Crippen LogP contribution is -2.51. The fraction of sp³-hybridized carbons (Fsp3) is 0.429. The van der Waals surface area contributed by atoms with Crippen molar-refractivity contribution >= 4 is 17.6 Å². The predicted octanol–water partition coefficient (Wildman–Crippen LogP) is 1.79. The van der Waals surface area contributed by atoms with Crippen LogP contribution in [0.2, 0.25) is 0 Å². The number of carbonyl (C=O) groups is 2. The summed E-state index contributed by atoms with van der Waals surface area (Å²) in [4.78, 5) is 23.4. The number of benzene rings is 1. The lowest BCUT2D eigenvalue weighted by Gasteiger charge is -2.25. The molecule has 0 saturated carbocycles. The molecular weight excluding hydrogens is 279 g/mol. The normalized spacial score (nSPS) is 13.3. The molecule has 0 aliphatic heterocycles. The topological polar surface area (TPSA) is 102 Å². The fourth-order valence-corrected chi connectivity index (χ4v) is 1.63. The number of nitrogen functional groups attached to an aromatic ring is 1. The Labute approximate surface area is 122 Å². The number of amides is 1. The summed E-state index contributed by atoms with van der Waals surface area (Å²) in [6.45, 7) is 4.96. The summed E-state index contributed by atoms with van der Waals surface area (Å²) < 4.78 is 18.8. The minimum Gasteiger partial charge on any atom is -0.493 e. The standard InChI is InChI=1S/C14H19FN2O4/c1-4-14(3,13(19)20)17-12(18)8-6-9(15)10(16)7-11(8)21-5-2/h6-7H,4-5,16H2,1-3H3,(H,17,18)(H,19,20). The summed E-state index contributed by atoms with van der Waals surface area (Å²) in [6.07, 6.45) is 0.176. The second-order valence-electron chi connectivity index (χ2n) is 4.75. The van der Waals surface area contributed by atoms with Crippen LogP contribution in [0.3, 0.4) is 0 Å². The van der Waals surface area contributed by atoms with Gasteiger partial charge in [0, 0.05) is 6.07 Å². The van der Waals surface area contributed by atoms with Crippen molar-refractivity contribution in [2.24, 2.45) is 0 Å². The molecule has 0 aliphatic carbocycles. The summed E-state index contributed by atoms with van der Waals surface area (Å²) in [5, 5.41) is 11.5. The Kier molecular flexibility index (Phi) is 5.12. The highest BCUT2D eigenvalue weighted by Crippen LogP contribution is 2.25. The van der Waals surface area contributed by atoms with Crippen molar-refractivity contribution in [2.75, 3.05) is 12.3 Å². The molecule has 0 radical (unpaired) electrons. The number of carboxylic acids is 1. The van der Waals surface area contributed by atoms with Crippen molar-refractivity contribution in [1.29, 1.82) is 0 Å². The Morgan fingerprint density at radius 2 is 2.05 bits per heavy atom. The number of rotatable bonds is 6. The third-order valence-electron chi connectivity index (χ3n) is 3.21. The first-order valence-corrected chi connectivity index (χ1v) is 6.52. The smallest absolute Gasteiger partial charge is 0.329 e. The van der Waals surface area contributed by atoms with E-state index in [0.717, 1.165) is 6.07 Å². The van der Waals surface area contributed by atoms with Gasteiger partial charge in [-0.25, -0.2) is 9.18 Å². The summed E-state index contributed by atoms with van der Waals surface area (Å²) in [6, 6.07) is 2.14. The minimum absolute atomic E-state index is 0.0931. The number of ether oxygens (including phenoxy) is 1. The molecule has 1 unspecified atom stereocenters. The van der Waals surface area contributed by atoms with Crippen molar-refractivity contribution in [3.05, 3.63) is 23.5 Å². The molecule has 4 N–H and O–H groups in total. The first-order chi connectivity index (χ1) is 9.75. The molecule has 116 valence electrons. The molecule has 7 heteroatoms. The van der Waals surface area contributed by atoms with Crippen molar-refractivity contribution < 1.29 is 23.8 Å². The van der Waals surface area contributed by atoms with E-state index in [4.69, 9.17) is 15.6 Å². The van der Waals surface area contributed by atoms with E-state index in [-0.39, 0.29) is 30.0 Å². The molecule has 0 saturated heterocycles. The van der Waals surface area contributed by atoms with E-state index in [1.807, 2.05) is 0 Å². The van der Waals surface area contributed by atoms with Gasteiger partial charge in [-0.2, -0.15) is 0 Å². The second kappa shape index (κ2) is 6.43. The quantitative estimate of drug-likeness (QED) is 0.695. The molecule has 1 amide bonds. The largest absolute Gasteiger partial charge is 0.493 e. The number of carboxylic acid groups (broad SMARTS) is 1. The molecule has 1 aromatic carbocycles. The lowest BCUT2D eigenvalue weighted by atomic mass is 9.98. The highest BCUT2D eigenvalue weighted by molar-refractivity contribution is 6.00. The average Bonchev–Trinajstić information content (AvgIpc) is 2.42. The van der Waals surface area contributed by atoms with Gasteiger partial charge >= 0.3 is 5.97 Å². The highest BCUT2D eigenvalue weighted by Gasteiger charge is 2.34. The van der Waals surface area contributed by atoms with Crippen LogP contribution in [0.4, 0.5) is 10.1 Å². The zero-order chi connectivity index (χ0) is 16.2. The van der Waals surface area contributed by atoms with Crippen LogP contribution in [-0.4, -0.2) is 29.1 Å². The molecule has 0 bridgehead atoms. The number of aliphatic carboxylic acids is 1. The van der Waals surface area contributed by atoms with Crippen LogP contribution in [0.15, 0.2) is 12.1 Å². The summed E-state index contributed by atoms with van der Waals surface area (Å²) in [5.74, 6) is -2.56. The van der Waals surface area contributed by atoms with E-state index in [9.17, 15) is 14.0 Å². The second-order valence-corrected chi connectivity index (χ2v) is 4.75. The summed E-state index contributed by atoms with van der Waals surface area (Å²) in [5.41, 5.74) is 3.75. The first kappa shape index (κ1) is 16.7. The highest BCUT2D eigenvalue weighted by atomic mass is 19.1. The number of hydrogen-bond donors (Lipinski definition) is 3. The molecule has 1 aromatic rings. The van der Waals surface area contributed by atoms with Crippen molar-refractivity contribution in [2.45, 2.75) is 32.7 Å². The monoisotopic (exact) mass is 298 g/mol. The third kappa shape index (κ3) is 3.62. The van der Waals surface area contributed by atoms with Gasteiger partial charge in [-0.1, -0.05) is 6.92 Å². The number of nitrogens with one attached hydrogen (secondary N) is 1. The van der Waals surface area contributed by atoms with Crippen molar-refractivity contribution in [3.63, 3.8) is 0 Å². The predicted molar refractivity (Wildman–Crippen MR) is 75.8 cm³/mol. The van der Waals surface area contributed by atoms with Crippen LogP contribution in [-0.2, 0) is 4.79 Å². The fourth-order valence-electron chi connectivity index (χ4n) is 1.63. The van der Waals surface area contributed by atoms with E-state index >= 15 is 0 Å². The van der Waals surface area contributed by atoms with Gasteiger partial charge in [0.15, 0.2) is 0 Å². The summed E-state index contributed by atoms with van der Waals surface area (Å²) in [7, 11) is 0. The molecular formula is C14H19FN2O4. The SMILES string of the molecule is CCOc1cc(N)c(F)cc1C(=O)NC(C)(CC)C(=O)O. The molecule has 0 fully saturated rings. The molecule has 6 nitrogen and oxygen atoms in total. The Morgan fingerprint density at radius 3 is 2.52 bits per heavy atom. The van der Waals surface area contributed by atoms with Crippen molar-refractivity contribution in [1.82, 2.24) is 5.32 Å². The Morgan fingerprint density at radius 1 is 1.43 bits per heavy atom. The summed E-state index contributed by atoms with van der Waals surface area (Å²) >= 11 is 0. The van der Waals surface area contributed by atoms with E-state index < -0.39 is 23.2 Å². The van der Waals surface area contributed by atoms with Crippen LogP contribution < -0.4 is 15.8 Å². The Hall–Kier alpha value is -2.31. The molecule has 0 heterocycles. The van der Waals surface area contributed by atoms with Gasteiger partial charge in [-0.05, 0) is 26.3 Å². The zero-order valence-electron chi connectivity index (χ0n) is 12.2. The number of carbonyl (C=O) groups excluding carboxylic acids is 1. The van der Waals surface area contributed by atoms with Gasteiger partial charge in [0.2, 0.25) is 0 Å². The van der Waals surface area contributed by atoms with Crippen LogP contribution in [0, 0.1) is 5.82 Å². The molecule has 0 aromatic heterocycles. The molecule has 21 heavy (non-hydrogen) atoms. The van der Waals surface area contributed by atoms with Crippen LogP contribution in [0.1, 0.15) is 37.6 Å². The van der Waals surface area contributed by atoms with Crippen LogP contribution in [0.25, 0.3) is 0 Å². The molecule has 1 rings (SSSR count). The van der Waals surface area contributed by atoms with Gasteiger partial charge < -0.3 is 20.9 Å². The van der Waals surface area contributed by atoms with Crippen LogP contribution >= 0.6 is 0 Å². The van der Waals surface area contributed by atoms with Gasteiger partial charge in [0.25, 0.3) is 5.91 Å². The number of hydrogen-bond acceptors (Lipinski definition) is 4. The van der Waals surface area contributed by atoms with Crippen LogP contribution in [0.5, 0.6) is 5.75 Å². The Balaban J connectivity index is 3.17.